The predicted molar refractivity (Wildman–Crippen MR) is 125 cm³/mol. The van der Waals surface area contributed by atoms with Crippen molar-refractivity contribution in [2.75, 3.05) is 6.61 Å². The van der Waals surface area contributed by atoms with Gasteiger partial charge in [-0.15, -0.1) is 0 Å². The minimum atomic E-state index is -4.56. The Kier molecular flexibility index (Phi) is 6.92. The lowest BCUT2D eigenvalue weighted by Gasteiger charge is -2.24. The molecule has 3 aromatic rings. The zero-order valence-electron chi connectivity index (χ0n) is 19.6. The van der Waals surface area contributed by atoms with Gasteiger partial charge in [0.25, 0.3) is 11.7 Å². The second-order valence-corrected chi connectivity index (χ2v) is 8.45. The van der Waals surface area contributed by atoms with E-state index >= 15 is 0 Å². The molecule has 36 heavy (non-hydrogen) atoms. The highest BCUT2D eigenvalue weighted by molar-refractivity contribution is 6.46. The fourth-order valence-corrected chi connectivity index (χ4v) is 4.07. The minimum absolute atomic E-state index is 0.178. The van der Waals surface area contributed by atoms with E-state index in [0.29, 0.717) is 18.1 Å². The van der Waals surface area contributed by atoms with Crippen molar-refractivity contribution < 1.29 is 37.0 Å². The number of halogens is 3. The Bertz CT molecular complexity index is 1310. The molecule has 2 aromatic carbocycles. The number of likely N-dealkylation sites (tertiary alicyclic amines) is 1. The monoisotopic (exact) mass is 499 g/mol. The van der Waals surface area contributed by atoms with Gasteiger partial charge < -0.3 is 19.2 Å². The smallest absolute Gasteiger partial charge is 0.416 e. The number of ketones is 1. The molecule has 2 heterocycles. The number of amides is 1. The highest BCUT2D eigenvalue weighted by Gasteiger charge is 2.47. The van der Waals surface area contributed by atoms with Crippen molar-refractivity contribution in [2.24, 2.45) is 0 Å². The highest BCUT2D eigenvalue weighted by atomic mass is 19.4. The fourth-order valence-electron chi connectivity index (χ4n) is 4.07. The number of furan rings is 1. The number of alkyl halides is 3. The Morgan fingerprint density at radius 1 is 1.08 bits per heavy atom. The molecular weight excluding hydrogens is 475 g/mol. The van der Waals surface area contributed by atoms with Crippen LogP contribution in [0.5, 0.6) is 5.75 Å². The lowest BCUT2D eigenvalue weighted by atomic mass is 9.99. The maximum absolute atomic E-state index is 13.2. The summed E-state index contributed by atoms with van der Waals surface area (Å²) in [6, 6.07) is 13.0. The molecule has 188 valence electrons. The normalized spacial score (nSPS) is 17.6. The maximum Gasteiger partial charge on any atom is 0.416 e. The number of rotatable bonds is 7. The zero-order chi connectivity index (χ0) is 26.0. The Labute approximate surface area is 205 Å². The molecule has 0 radical (unpaired) electrons. The third-order valence-corrected chi connectivity index (χ3v) is 5.78. The molecule has 1 fully saturated rings. The summed E-state index contributed by atoms with van der Waals surface area (Å²) in [5, 5.41) is 11.1. The summed E-state index contributed by atoms with van der Waals surface area (Å²) in [6.45, 7) is 3.87. The molecule has 4 rings (SSSR count). The first-order chi connectivity index (χ1) is 17.1. The maximum atomic E-state index is 13.2. The molecule has 1 aliphatic rings. The van der Waals surface area contributed by atoms with Gasteiger partial charge in [-0.05, 0) is 67.4 Å². The SMILES string of the molecule is CCCOc1ccc(/C(O)=C2/C(=O)C(=O)N(Cc3cccc(C(F)(F)F)c3)C2c2ccc(C)o2)cc1. The number of benzene rings is 2. The molecular formula is C27H24F3NO5. The van der Waals surface area contributed by atoms with Gasteiger partial charge in [0, 0.05) is 12.1 Å². The molecule has 1 unspecified atom stereocenters. The highest BCUT2D eigenvalue weighted by Crippen LogP contribution is 2.41. The van der Waals surface area contributed by atoms with E-state index in [1.54, 1.807) is 43.3 Å². The van der Waals surface area contributed by atoms with Crippen molar-refractivity contribution in [1.82, 2.24) is 4.90 Å². The van der Waals surface area contributed by atoms with Gasteiger partial charge in [-0.3, -0.25) is 9.59 Å². The van der Waals surface area contributed by atoms with E-state index in [-0.39, 0.29) is 29.0 Å². The van der Waals surface area contributed by atoms with Gasteiger partial charge >= 0.3 is 6.18 Å². The summed E-state index contributed by atoms with van der Waals surface area (Å²) in [5.74, 6) is -1.02. The lowest BCUT2D eigenvalue weighted by Crippen LogP contribution is -2.29. The fraction of sp³-hybridized carbons (Fsp3) is 0.259. The number of aliphatic hydroxyl groups is 1. The van der Waals surface area contributed by atoms with Gasteiger partial charge in [-0.1, -0.05) is 19.1 Å². The molecule has 0 aliphatic carbocycles. The van der Waals surface area contributed by atoms with Crippen molar-refractivity contribution in [2.45, 2.75) is 39.0 Å². The standard InChI is InChI=1S/C27H24F3NO5/c1-3-13-35-20-10-8-18(9-11-20)24(32)22-23(21-12-7-16(2)36-21)31(26(34)25(22)33)15-17-5-4-6-19(14-17)27(28,29)30/h4-12,14,23,32H,3,13,15H2,1-2H3/b24-22-. The quantitative estimate of drug-likeness (QED) is 0.244. The predicted octanol–water partition coefficient (Wildman–Crippen LogP) is 6.02. The van der Waals surface area contributed by atoms with Crippen LogP contribution in [-0.2, 0) is 22.3 Å². The number of Topliss-reactive ketones (excluding diaryl/α,β-unsaturated/α-hetero) is 1. The molecule has 9 heteroatoms. The number of carbonyl (C=O) groups is 2. The Morgan fingerprint density at radius 2 is 1.81 bits per heavy atom. The average Bonchev–Trinajstić information content (AvgIpc) is 3.38. The van der Waals surface area contributed by atoms with Crippen molar-refractivity contribution >= 4 is 17.4 Å². The first-order valence-corrected chi connectivity index (χ1v) is 11.3. The van der Waals surface area contributed by atoms with Crippen molar-refractivity contribution in [3.8, 4) is 5.75 Å². The summed E-state index contributed by atoms with van der Waals surface area (Å²) in [5.41, 5.74) is -0.613. The van der Waals surface area contributed by atoms with Crippen molar-refractivity contribution in [1.29, 1.82) is 0 Å². The van der Waals surface area contributed by atoms with Crippen LogP contribution in [0.25, 0.3) is 5.76 Å². The second-order valence-electron chi connectivity index (χ2n) is 8.45. The third kappa shape index (κ3) is 5.00. The molecule has 1 saturated heterocycles. The molecule has 0 spiro atoms. The summed E-state index contributed by atoms with van der Waals surface area (Å²) in [6.07, 6.45) is -3.74. The number of aryl methyl sites for hydroxylation is 1. The zero-order valence-corrected chi connectivity index (χ0v) is 19.6. The number of hydrogen-bond donors (Lipinski definition) is 1. The van der Waals surface area contributed by atoms with E-state index in [4.69, 9.17) is 9.15 Å². The molecule has 1 atom stereocenters. The van der Waals surface area contributed by atoms with Crippen LogP contribution in [0, 0.1) is 6.92 Å². The molecule has 1 aliphatic heterocycles. The van der Waals surface area contributed by atoms with E-state index in [9.17, 15) is 27.9 Å². The molecule has 6 nitrogen and oxygen atoms in total. The summed E-state index contributed by atoms with van der Waals surface area (Å²) in [7, 11) is 0. The number of hydrogen-bond acceptors (Lipinski definition) is 5. The second kappa shape index (κ2) is 9.93. The van der Waals surface area contributed by atoms with E-state index in [2.05, 4.69) is 0 Å². The Hall–Kier alpha value is -4.01. The van der Waals surface area contributed by atoms with Crippen molar-refractivity contribution in [3.63, 3.8) is 0 Å². The number of carbonyl (C=O) groups excluding carboxylic acids is 2. The third-order valence-electron chi connectivity index (χ3n) is 5.78. The van der Waals surface area contributed by atoms with Gasteiger partial charge in [0.05, 0.1) is 17.7 Å². The van der Waals surface area contributed by atoms with E-state index in [1.807, 2.05) is 6.92 Å². The Morgan fingerprint density at radius 3 is 2.42 bits per heavy atom. The number of aliphatic hydroxyl groups excluding tert-OH is 1. The molecule has 1 amide bonds. The van der Waals surface area contributed by atoms with Gasteiger partial charge in [-0.25, -0.2) is 0 Å². The molecule has 0 saturated carbocycles. The summed E-state index contributed by atoms with van der Waals surface area (Å²) in [4.78, 5) is 27.2. The van der Waals surface area contributed by atoms with Gasteiger partial charge in [0.2, 0.25) is 0 Å². The lowest BCUT2D eigenvalue weighted by molar-refractivity contribution is -0.140. The first kappa shape index (κ1) is 25.1. The number of ether oxygens (including phenoxy) is 1. The van der Waals surface area contributed by atoms with Gasteiger partial charge in [0.1, 0.15) is 29.1 Å². The van der Waals surface area contributed by atoms with E-state index in [0.717, 1.165) is 23.5 Å². The molecule has 1 N–H and O–H groups in total. The van der Waals surface area contributed by atoms with Crippen LogP contribution in [0.2, 0.25) is 0 Å². The van der Waals surface area contributed by atoms with Crippen molar-refractivity contribution in [3.05, 3.63) is 94.4 Å². The van der Waals surface area contributed by atoms with Crippen LogP contribution in [0.15, 0.2) is 70.7 Å². The Balaban J connectivity index is 1.76. The summed E-state index contributed by atoms with van der Waals surface area (Å²) >= 11 is 0. The van der Waals surface area contributed by atoms with Crippen LogP contribution >= 0.6 is 0 Å². The molecule has 0 bridgehead atoms. The average molecular weight is 499 g/mol. The van der Waals surface area contributed by atoms with Crippen LogP contribution in [0.1, 0.15) is 47.6 Å². The van der Waals surface area contributed by atoms with Crippen LogP contribution < -0.4 is 4.74 Å². The van der Waals surface area contributed by atoms with Crippen LogP contribution in [0.4, 0.5) is 13.2 Å². The van der Waals surface area contributed by atoms with Crippen LogP contribution in [0.3, 0.4) is 0 Å². The number of nitrogens with zero attached hydrogens (tertiary/aromatic N) is 1. The van der Waals surface area contributed by atoms with Crippen LogP contribution in [-0.4, -0.2) is 28.3 Å². The van der Waals surface area contributed by atoms with E-state index in [1.165, 1.54) is 12.1 Å². The molecule has 1 aromatic heterocycles. The van der Waals surface area contributed by atoms with E-state index < -0.39 is 35.2 Å². The van der Waals surface area contributed by atoms with Gasteiger partial charge in [-0.2, -0.15) is 13.2 Å². The van der Waals surface area contributed by atoms with Gasteiger partial charge in [0.15, 0.2) is 0 Å². The summed E-state index contributed by atoms with van der Waals surface area (Å²) < 4.78 is 50.9. The largest absolute Gasteiger partial charge is 0.507 e. The first-order valence-electron chi connectivity index (χ1n) is 11.3. The topological polar surface area (TPSA) is 80.0 Å². The minimum Gasteiger partial charge on any atom is -0.507 e.